The second kappa shape index (κ2) is 4.93. The van der Waals surface area contributed by atoms with Gasteiger partial charge in [-0.3, -0.25) is 4.72 Å². The molecule has 0 saturated carbocycles. The van der Waals surface area contributed by atoms with E-state index >= 15 is 0 Å². The molecule has 17 heavy (non-hydrogen) atoms. The molecule has 0 aliphatic heterocycles. The maximum absolute atomic E-state index is 11.8. The summed E-state index contributed by atoms with van der Waals surface area (Å²) in [6.07, 6.45) is 0.693. The largest absolute Gasteiger partial charge is 0.397 e. The average molecular weight is 257 g/mol. The van der Waals surface area contributed by atoms with Crippen molar-refractivity contribution in [3.63, 3.8) is 0 Å². The summed E-state index contributed by atoms with van der Waals surface area (Å²) >= 11 is 0. The standard InChI is InChI=1S/C11H19N3O2S/c1-4-11(2,3)14-17(15,16)13-10-8-6-5-7-9(10)12/h5-8,13-14H,4,12H2,1-3H3. The SMILES string of the molecule is CCC(C)(C)NS(=O)(=O)Nc1ccccc1N. The summed E-state index contributed by atoms with van der Waals surface area (Å²) in [5.74, 6) is 0. The molecular formula is C11H19N3O2S. The number of hydrogen-bond donors (Lipinski definition) is 3. The molecule has 0 heterocycles. The molecule has 0 radical (unpaired) electrons. The van der Waals surface area contributed by atoms with Crippen molar-refractivity contribution >= 4 is 21.6 Å². The lowest BCUT2D eigenvalue weighted by atomic mass is 10.0. The zero-order valence-electron chi connectivity index (χ0n) is 10.3. The Kier molecular flexibility index (Phi) is 4.00. The third-order valence-electron chi connectivity index (χ3n) is 2.50. The molecule has 0 fully saturated rings. The van der Waals surface area contributed by atoms with Crippen molar-refractivity contribution in [2.24, 2.45) is 0 Å². The van der Waals surface area contributed by atoms with E-state index in [1.165, 1.54) is 0 Å². The van der Waals surface area contributed by atoms with Crippen LogP contribution in [-0.4, -0.2) is 14.0 Å². The van der Waals surface area contributed by atoms with E-state index < -0.39 is 15.7 Å². The van der Waals surface area contributed by atoms with Crippen LogP contribution < -0.4 is 15.2 Å². The molecule has 0 amide bonds. The number of rotatable bonds is 5. The Morgan fingerprint density at radius 2 is 1.88 bits per heavy atom. The molecule has 4 N–H and O–H groups in total. The zero-order valence-corrected chi connectivity index (χ0v) is 11.1. The monoisotopic (exact) mass is 257 g/mol. The minimum atomic E-state index is -3.61. The molecule has 0 unspecified atom stereocenters. The third-order valence-corrected chi connectivity index (χ3v) is 3.81. The van der Waals surface area contributed by atoms with E-state index in [2.05, 4.69) is 9.44 Å². The van der Waals surface area contributed by atoms with Crippen LogP contribution >= 0.6 is 0 Å². The summed E-state index contributed by atoms with van der Waals surface area (Å²) < 4.78 is 28.7. The van der Waals surface area contributed by atoms with Gasteiger partial charge in [0.15, 0.2) is 0 Å². The molecule has 96 valence electrons. The number of nitrogen functional groups attached to an aromatic ring is 1. The molecular weight excluding hydrogens is 238 g/mol. The highest BCUT2D eigenvalue weighted by Crippen LogP contribution is 2.18. The van der Waals surface area contributed by atoms with E-state index in [-0.39, 0.29) is 0 Å². The first-order chi connectivity index (χ1) is 7.76. The molecule has 5 nitrogen and oxygen atoms in total. The zero-order chi connectivity index (χ0) is 13.1. The summed E-state index contributed by atoms with van der Waals surface area (Å²) in [5.41, 5.74) is 5.96. The second-order valence-corrected chi connectivity index (χ2v) is 5.95. The Morgan fingerprint density at radius 3 is 2.41 bits per heavy atom. The van der Waals surface area contributed by atoms with Gasteiger partial charge in [0.1, 0.15) is 0 Å². The van der Waals surface area contributed by atoms with E-state index in [1.54, 1.807) is 24.3 Å². The van der Waals surface area contributed by atoms with Gasteiger partial charge in [-0.25, -0.2) is 0 Å². The normalized spacial score (nSPS) is 12.4. The van der Waals surface area contributed by atoms with Crippen LogP contribution in [0.4, 0.5) is 11.4 Å². The molecule has 0 atom stereocenters. The van der Waals surface area contributed by atoms with Crippen LogP contribution in [-0.2, 0) is 10.2 Å². The van der Waals surface area contributed by atoms with Crippen LogP contribution in [0.5, 0.6) is 0 Å². The molecule has 0 spiro atoms. The van der Waals surface area contributed by atoms with Crippen LogP contribution in [0.25, 0.3) is 0 Å². The number of para-hydroxylation sites is 2. The first-order valence-corrected chi connectivity index (χ1v) is 6.90. The summed E-state index contributed by atoms with van der Waals surface area (Å²) in [6, 6.07) is 6.73. The van der Waals surface area contributed by atoms with Gasteiger partial charge in [-0.2, -0.15) is 13.1 Å². The molecule has 0 bridgehead atoms. The lowest BCUT2D eigenvalue weighted by Gasteiger charge is -2.24. The fourth-order valence-electron chi connectivity index (χ4n) is 1.20. The Bertz CT molecular complexity index is 483. The second-order valence-electron chi connectivity index (χ2n) is 4.53. The van der Waals surface area contributed by atoms with Crippen molar-refractivity contribution in [1.29, 1.82) is 0 Å². The summed E-state index contributed by atoms with van der Waals surface area (Å²) in [6.45, 7) is 5.56. The third kappa shape index (κ3) is 4.24. The maximum atomic E-state index is 11.8. The van der Waals surface area contributed by atoms with Crippen LogP contribution in [0.1, 0.15) is 27.2 Å². The number of nitrogens with one attached hydrogen (secondary N) is 2. The Hall–Kier alpha value is -1.27. The number of anilines is 2. The van der Waals surface area contributed by atoms with E-state index in [4.69, 9.17) is 5.73 Å². The van der Waals surface area contributed by atoms with Crippen molar-refractivity contribution in [1.82, 2.24) is 4.72 Å². The summed E-state index contributed by atoms with van der Waals surface area (Å²) in [4.78, 5) is 0. The fraction of sp³-hybridized carbons (Fsp3) is 0.455. The molecule has 1 aromatic carbocycles. The van der Waals surface area contributed by atoms with Crippen LogP contribution in [0.2, 0.25) is 0 Å². The predicted molar refractivity (Wildman–Crippen MR) is 70.9 cm³/mol. The van der Waals surface area contributed by atoms with Gasteiger partial charge in [-0.05, 0) is 32.4 Å². The Balaban J connectivity index is 2.85. The van der Waals surface area contributed by atoms with Gasteiger partial charge in [0.05, 0.1) is 11.4 Å². The Labute approximate surface area is 103 Å². The van der Waals surface area contributed by atoms with Gasteiger partial charge in [0, 0.05) is 5.54 Å². The number of nitrogens with two attached hydrogens (primary N) is 1. The minimum Gasteiger partial charge on any atom is -0.397 e. The predicted octanol–water partition coefficient (Wildman–Crippen LogP) is 1.70. The van der Waals surface area contributed by atoms with Gasteiger partial charge in [-0.1, -0.05) is 19.1 Å². The minimum absolute atomic E-state index is 0.381. The molecule has 1 rings (SSSR count). The molecule has 0 aliphatic carbocycles. The molecule has 0 saturated heterocycles. The average Bonchev–Trinajstić information content (AvgIpc) is 2.20. The first-order valence-electron chi connectivity index (χ1n) is 5.42. The van der Waals surface area contributed by atoms with Crippen molar-refractivity contribution in [3.8, 4) is 0 Å². The summed E-state index contributed by atoms with van der Waals surface area (Å²) in [7, 11) is -3.61. The summed E-state index contributed by atoms with van der Waals surface area (Å²) in [5, 5.41) is 0. The van der Waals surface area contributed by atoms with E-state index in [0.29, 0.717) is 17.8 Å². The molecule has 0 aromatic heterocycles. The van der Waals surface area contributed by atoms with E-state index in [0.717, 1.165) is 0 Å². The lowest BCUT2D eigenvalue weighted by molar-refractivity contribution is 0.441. The van der Waals surface area contributed by atoms with Gasteiger partial charge < -0.3 is 5.73 Å². The van der Waals surface area contributed by atoms with Crippen LogP contribution in [0, 0.1) is 0 Å². The van der Waals surface area contributed by atoms with Crippen molar-refractivity contribution in [2.45, 2.75) is 32.7 Å². The van der Waals surface area contributed by atoms with Gasteiger partial charge in [0.2, 0.25) is 0 Å². The molecule has 6 heteroatoms. The van der Waals surface area contributed by atoms with Crippen molar-refractivity contribution in [3.05, 3.63) is 24.3 Å². The molecule has 1 aromatic rings. The lowest BCUT2D eigenvalue weighted by Crippen LogP contribution is -2.45. The van der Waals surface area contributed by atoms with Crippen LogP contribution in [0.3, 0.4) is 0 Å². The Morgan fingerprint density at radius 1 is 1.29 bits per heavy atom. The molecule has 0 aliphatic rings. The maximum Gasteiger partial charge on any atom is 0.299 e. The van der Waals surface area contributed by atoms with Crippen molar-refractivity contribution < 1.29 is 8.42 Å². The highest BCUT2D eigenvalue weighted by Gasteiger charge is 2.23. The first kappa shape index (κ1) is 13.8. The number of benzene rings is 1. The van der Waals surface area contributed by atoms with Gasteiger partial charge in [0.25, 0.3) is 10.2 Å². The smallest absolute Gasteiger partial charge is 0.299 e. The quantitative estimate of drug-likeness (QED) is 0.702. The van der Waals surface area contributed by atoms with Crippen molar-refractivity contribution in [2.75, 3.05) is 10.5 Å². The van der Waals surface area contributed by atoms with Gasteiger partial charge >= 0.3 is 0 Å². The van der Waals surface area contributed by atoms with E-state index in [9.17, 15) is 8.42 Å². The number of hydrogen-bond acceptors (Lipinski definition) is 3. The highest BCUT2D eigenvalue weighted by molar-refractivity contribution is 7.90. The van der Waals surface area contributed by atoms with E-state index in [1.807, 2.05) is 20.8 Å². The van der Waals surface area contributed by atoms with Crippen LogP contribution in [0.15, 0.2) is 24.3 Å². The van der Waals surface area contributed by atoms with Gasteiger partial charge in [-0.15, -0.1) is 0 Å². The highest BCUT2D eigenvalue weighted by atomic mass is 32.2. The fourth-order valence-corrected chi connectivity index (χ4v) is 2.59. The topological polar surface area (TPSA) is 84.2 Å².